The van der Waals surface area contributed by atoms with Gasteiger partial charge in [0, 0.05) is 38.8 Å². The fourth-order valence-electron chi connectivity index (χ4n) is 4.33. The fraction of sp³-hybridized carbons (Fsp3) is 0.360. The number of carbonyl (C=O) groups excluding carboxylic acids is 1. The van der Waals surface area contributed by atoms with Gasteiger partial charge in [-0.1, -0.05) is 25.4 Å². The summed E-state index contributed by atoms with van der Waals surface area (Å²) in [6.45, 7) is 8.42. The monoisotopic (exact) mass is 468 g/mol. The van der Waals surface area contributed by atoms with Gasteiger partial charge < -0.3 is 15.2 Å². The van der Waals surface area contributed by atoms with Crippen LogP contribution in [-0.2, 0) is 16.1 Å². The lowest BCUT2D eigenvalue weighted by molar-refractivity contribution is -0.119. The number of hydrogen-bond donors (Lipinski definition) is 1. The second-order valence-corrected chi connectivity index (χ2v) is 10.9. The molecule has 0 saturated heterocycles. The maximum atomic E-state index is 13.1. The number of nitrogens with two attached hydrogens (primary N) is 1. The molecule has 5 nitrogen and oxygen atoms in total. The highest BCUT2D eigenvalue weighted by Crippen LogP contribution is 2.49. The summed E-state index contributed by atoms with van der Waals surface area (Å²) in [5.41, 5.74) is 8.75. The Labute approximate surface area is 197 Å². The number of benzene rings is 1. The predicted molar refractivity (Wildman–Crippen MR) is 125 cm³/mol. The Bertz CT molecular complexity index is 1220. The molecule has 0 amide bonds. The molecule has 1 aromatic heterocycles. The zero-order valence-corrected chi connectivity index (χ0v) is 20.1. The summed E-state index contributed by atoms with van der Waals surface area (Å²) >= 11 is 7.59. The van der Waals surface area contributed by atoms with Crippen molar-refractivity contribution in [3.63, 3.8) is 0 Å². The largest absolute Gasteiger partial charge is 0.489 e. The standard InChI is InChI=1S/C25H25ClN2O3S/c1-13-7-16(26)5-6-19(13)30-12-15-8-21(32-14(15)2)22-17(11-27)24(28)31-20-10-25(3,4)9-18(29)23(20)22/h5-8,22H,9-10,12,28H2,1-4H3/t22-/m1/s1. The van der Waals surface area contributed by atoms with E-state index < -0.39 is 5.92 Å². The van der Waals surface area contributed by atoms with Gasteiger partial charge in [0.1, 0.15) is 29.8 Å². The first-order valence-electron chi connectivity index (χ1n) is 10.4. The lowest BCUT2D eigenvalue weighted by Gasteiger charge is -2.36. The van der Waals surface area contributed by atoms with Crippen LogP contribution >= 0.6 is 22.9 Å². The summed E-state index contributed by atoms with van der Waals surface area (Å²) < 4.78 is 11.8. The number of allylic oxidation sites excluding steroid dienone is 3. The van der Waals surface area contributed by atoms with Crippen LogP contribution in [0.4, 0.5) is 0 Å². The Hall–Kier alpha value is -2.75. The first kappa shape index (κ1) is 22.4. The number of ether oxygens (including phenoxy) is 2. The smallest absolute Gasteiger partial charge is 0.205 e. The number of aryl methyl sites for hydroxylation is 2. The van der Waals surface area contributed by atoms with Gasteiger partial charge in [0.25, 0.3) is 0 Å². The Morgan fingerprint density at radius 3 is 2.75 bits per heavy atom. The van der Waals surface area contributed by atoms with Crippen LogP contribution in [0.1, 0.15) is 53.5 Å². The van der Waals surface area contributed by atoms with Gasteiger partial charge in [-0.25, -0.2) is 0 Å². The molecule has 2 N–H and O–H groups in total. The topological polar surface area (TPSA) is 85.3 Å². The number of nitrogens with zero attached hydrogens (tertiary/aromatic N) is 1. The molecule has 0 radical (unpaired) electrons. The third-order valence-electron chi connectivity index (χ3n) is 5.92. The average Bonchev–Trinajstić information content (AvgIpc) is 3.05. The molecule has 7 heteroatoms. The Kier molecular flexibility index (Phi) is 5.83. The number of hydrogen-bond acceptors (Lipinski definition) is 6. The van der Waals surface area contributed by atoms with Crippen LogP contribution in [0.15, 0.2) is 47.1 Å². The van der Waals surface area contributed by atoms with E-state index in [0.29, 0.717) is 41.4 Å². The van der Waals surface area contributed by atoms with E-state index in [9.17, 15) is 10.1 Å². The van der Waals surface area contributed by atoms with E-state index in [1.807, 2.05) is 45.9 Å². The molecule has 0 fully saturated rings. The van der Waals surface area contributed by atoms with Crippen molar-refractivity contribution in [1.82, 2.24) is 0 Å². The van der Waals surface area contributed by atoms with Gasteiger partial charge in [0.2, 0.25) is 5.88 Å². The van der Waals surface area contributed by atoms with Crippen molar-refractivity contribution in [1.29, 1.82) is 5.26 Å². The average molecular weight is 469 g/mol. The van der Waals surface area contributed by atoms with Crippen LogP contribution < -0.4 is 10.5 Å². The van der Waals surface area contributed by atoms with Crippen LogP contribution in [0.5, 0.6) is 5.75 Å². The summed E-state index contributed by atoms with van der Waals surface area (Å²) in [5.74, 6) is 0.962. The van der Waals surface area contributed by atoms with Crippen LogP contribution in [0.25, 0.3) is 0 Å². The lowest BCUT2D eigenvalue weighted by Crippen LogP contribution is -2.33. The third-order valence-corrected chi connectivity index (χ3v) is 7.31. The molecule has 32 heavy (non-hydrogen) atoms. The molecular weight excluding hydrogens is 444 g/mol. The second-order valence-electron chi connectivity index (χ2n) is 9.13. The maximum Gasteiger partial charge on any atom is 0.205 e. The first-order chi connectivity index (χ1) is 15.1. The van der Waals surface area contributed by atoms with Gasteiger partial charge in [-0.2, -0.15) is 5.26 Å². The predicted octanol–water partition coefficient (Wildman–Crippen LogP) is 6.05. The van der Waals surface area contributed by atoms with Crippen LogP contribution in [-0.4, -0.2) is 5.78 Å². The SMILES string of the molecule is Cc1cc(Cl)ccc1OCc1cc([C@H]2C(C#N)=C(N)OC3=C2C(=O)CC(C)(C)C3)sc1C. The molecule has 1 aromatic carbocycles. The molecule has 1 atom stereocenters. The maximum absolute atomic E-state index is 13.1. The van der Waals surface area contributed by atoms with Gasteiger partial charge >= 0.3 is 0 Å². The number of rotatable bonds is 4. The zero-order chi connectivity index (χ0) is 23.2. The number of Topliss-reactive ketones (excluding diaryl/α,β-unsaturated/α-hetero) is 1. The Morgan fingerprint density at radius 2 is 2.06 bits per heavy atom. The summed E-state index contributed by atoms with van der Waals surface area (Å²) in [7, 11) is 0. The molecule has 0 saturated carbocycles. The molecule has 1 aliphatic heterocycles. The molecule has 0 unspecified atom stereocenters. The van der Waals surface area contributed by atoms with Crippen molar-refractivity contribution in [2.24, 2.45) is 11.1 Å². The molecule has 0 bridgehead atoms. The third kappa shape index (κ3) is 4.15. The summed E-state index contributed by atoms with van der Waals surface area (Å²) in [5, 5.41) is 10.5. The van der Waals surface area contributed by atoms with E-state index in [2.05, 4.69) is 6.07 Å². The van der Waals surface area contributed by atoms with E-state index >= 15 is 0 Å². The summed E-state index contributed by atoms with van der Waals surface area (Å²) in [6.07, 6.45) is 1.03. The minimum absolute atomic E-state index is 0.0159. The minimum atomic E-state index is -0.498. The number of nitriles is 1. The van der Waals surface area contributed by atoms with Gasteiger partial charge in [-0.05, 0) is 49.1 Å². The van der Waals surface area contributed by atoms with Gasteiger partial charge in [-0.3, -0.25) is 4.79 Å². The minimum Gasteiger partial charge on any atom is -0.489 e. The van der Waals surface area contributed by atoms with Crippen LogP contribution in [0.3, 0.4) is 0 Å². The van der Waals surface area contributed by atoms with Gasteiger partial charge in [0.05, 0.1) is 5.92 Å². The van der Waals surface area contributed by atoms with Crippen LogP contribution in [0.2, 0.25) is 5.02 Å². The van der Waals surface area contributed by atoms with E-state index in [4.69, 9.17) is 26.8 Å². The fourth-order valence-corrected chi connectivity index (χ4v) is 5.71. The first-order valence-corrected chi connectivity index (χ1v) is 11.6. The number of thiophene rings is 1. The molecule has 2 aliphatic rings. The molecule has 1 aliphatic carbocycles. The van der Waals surface area contributed by atoms with Crippen molar-refractivity contribution in [2.75, 3.05) is 0 Å². The number of halogens is 1. The Balaban J connectivity index is 1.68. The molecular formula is C25H25ClN2O3S. The van der Waals surface area contributed by atoms with Crippen molar-refractivity contribution in [3.05, 3.63) is 73.0 Å². The van der Waals surface area contributed by atoms with E-state index in [1.165, 1.54) is 0 Å². The van der Waals surface area contributed by atoms with E-state index in [-0.39, 0.29) is 17.1 Å². The Morgan fingerprint density at radius 1 is 1.31 bits per heavy atom. The van der Waals surface area contributed by atoms with E-state index in [1.54, 1.807) is 17.4 Å². The van der Waals surface area contributed by atoms with Gasteiger partial charge in [0.15, 0.2) is 5.78 Å². The highest BCUT2D eigenvalue weighted by Gasteiger charge is 2.43. The molecule has 0 spiro atoms. The molecule has 2 heterocycles. The van der Waals surface area contributed by atoms with Crippen molar-refractivity contribution in [2.45, 2.75) is 53.1 Å². The van der Waals surface area contributed by atoms with Crippen molar-refractivity contribution < 1.29 is 14.3 Å². The summed E-state index contributed by atoms with van der Waals surface area (Å²) in [4.78, 5) is 15.1. The number of ketones is 1. The quantitative estimate of drug-likeness (QED) is 0.590. The molecule has 4 rings (SSSR count). The van der Waals surface area contributed by atoms with Crippen molar-refractivity contribution in [3.8, 4) is 11.8 Å². The number of carbonyl (C=O) groups is 1. The van der Waals surface area contributed by atoms with Crippen molar-refractivity contribution >= 4 is 28.7 Å². The highest BCUT2D eigenvalue weighted by molar-refractivity contribution is 7.12. The second kappa shape index (κ2) is 8.31. The summed E-state index contributed by atoms with van der Waals surface area (Å²) in [6, 6.07) is 9.72. The lowest BCUT2D eigenvalue weighted by atomic mass is 9.71. The zero-order valence-electron chi connectivity index (χ0n) is 18.5. The normalized spacial score (nSPS) is 20.0. The molecule has 166 valence electrons. The van der Waals surface area contributed by atoms with Gasteiger partial charge in [-0.15, -0.1) is 11.3 Å². The van der Waals surface area contributed by atoms with Crippen LogP contribution in [0, 0.1) is 30.6 Å². The molecule has 2 aromatic rings. The van der Waals surface area contributed by atoms with E-state index in [0.717, 1.165) is 26.6 Å². The highest BCUT2D eigenvalue weighted by atomic mass is 35.5.